The van der Waals surface area contributed by atoms with Crippen LogP contribution >= 0.6 is 11.8 Å². The lowest BCUT2D eigenvalue weighted by Gasteiger charge is -2.32. The zero-order valence-electron chi connectivity index (χ0n) is 36.6. The molecule has 0 saturated carbocycles. The molecule has 1 aromatic carbocycles. The molecule has 1 aromatic rings. The number of epoxide rings is 1. The van der Waals surface area contributed by atoms with Crippen LogP contribution in [0.3, 0.4) is 0 Å². The number of unbranched alkanes of at least 4 members (excludes halogenated alkanes) is 4. The lowest BCUT2D eigenvalue weighted by molar-refractivity contribution is -0.154. The lowest BCUT2D eigenvalue weighted by atomic mass is 9.99. The van der Waals surface area contributed by atoms with Gasteiger partial charge in [-0.1, -0.05) is 38.8 Å². The van der Waals surface area contributed by atoms with Crippen LogP contribution in [0.4, 0.5) is 4.79 Å². The number of carbonyl (C=O) groups is 8. The first-order valence-corrected chi connectivity index (χ1v) is 23.2. The summed E-state index contributed by atoms with van der Waals surface area (Å²) in [6, 6.07) is 2.02. The first-order chi connectivity index (χ1) is 30.1. The Morgan fingerprint density at radius 3 is 2.35 bits per heavy atom. The van der Waals surface area contributed by atoms with Crippen molar-refractivity contribution in [3.63, 3.8) is 0 Å². The number of amides is 8. The number of esters is 1. The maximum absolute atomic E-state index is 14.7. The van der Waals surface area contributed by atoms with Crippen molar-refractivity contribution in [3.05, 3.63) is 29.8 Å². The van der Waals surface area contributed by atoms with E-state index in [4.69, 9.17) is 20.9 Å². The van der Waals surface area contributed by atoms with E-state index < -0.39 is 65.8 Å². The normalized spacial score (nSPS) is 21.2. The number of thioether (sulfide) groups is 1. The second-order valence-corrected chi connectivity index (χ2v) is 18.0. The monoisotopic (exact) mass is 902 g/mol. The van der Waals surface area contributed by atoms with Crippen LogP contribution in [0.5, 0.6) is 5.75 Å². The quantitative estimate of drug-likeness (QED) is 0.0253. The van der Waals surface area contributed by atoms with Crippen LogP contribution in [-0.2, 0) is 49.5 Å². The molecule has 4 rings (SSSR count). The molecule has 350 valence electrons. The van der Waals surface area contributed by atoms with Gasteiger partial charge in [0.2, 0.25) is 23.6 Å². The number of phenols is 1. The molecule has 3 heterocycles. The first-order valence-electron chi connectivity index (χ1n) is 22.1. The highest BCUT2D eigenvalue weighted by molar-refractivity contribution is 8.00. The molecular formula is C43H66N8O11S. The van der Waals surface area contributed by atoms with Crippen molar-refractivity contribution in [2.75, 3.05) is 25.4 Å². The van der Waals surface area contributed by atoms with Gasteiger partial charge in [-0.25, -0.2) is 9.59 Å². The number of fused-ring (bicyclic) bond motifs is 1. The third-order valence-corrected chi connectivity index (χ3v) is 12.7. The van der Waals surface area contributed by atoms with Crippen molar-refractivity contribution in [2.24, 2.45) is 17.4 Å². The number of primary amides is 1. The van der Waals surface area contributed by atoms with Gasteiger partial charge in [0.15, 0.2) is 12.2 Å². The first kappa shape index (κ1) is 50.7. The van der Waals surface area contributed by atoms with Crippen LogP contribution in [0.25, 0.3) is 0 Å². The summed E-state index contributed by atoms with van der Waals surface area (Å²) in [5.74, 6) is -4.07. The van der Waals surface area contributed by atoms with E-state index in [9.17, 15) is 43.5 Å². The molecule has 8 amide bonds. The smallest absolute Gasteiger partial charge is 0.338 e. The highest BCUT2D eigenvalue weighted by Gasteiger charge is 2.52. The fourth-order valence-electron chi connectivity index (χ4n) is 7.80. The molecule has 3 aliphatic heterocycles. The molecular weight excluding hydrogens is 837 g/mol. The van der Waals surface area contributed by atoms with Gasteiger partial charge in [0.25, 0.3) is 11.8 Å². The maximum Gasteiger partial charge on any atom is 0.338 e. The molecule has 3 saturated heterocycles. The number of nitrogens with two attached hydrogens (primary N) is 2. The number of imide groups is 1. The van der Waals surface area contributed by atoms with Crippen LogP contribution in [-0.4, -0.2) is 131 Å². The standard InChI is InChI=1S/C43H66N8O11S/c1-4-61-42(59)37-36(62-37)40(57)47-28(22-25(2)3)39(56)48-29(23-26-16-18-27(52)19-17-26)41(58)51(34(54)15-6-5-10-20-44)31(38(45)55)12-9-11-21-46-33(53)14-8-7-13-32-35-30(24-63-32)49-43(60)50-35/h16-19,25,28-32,35-37,52H,4-15,20-24,44H2,1-3H3,(H2,45,55)(H,46,53)(H,47,57)(H,48,56)(H2,49,50,60). The molecule has 20 heteroatoms. The Morgan fingerprint density at radius 1 is 0.937 bits per heavy atom. The number of aromatic hydroxyl groups is 1. The second kappa shape index (κ2) is 25.4. The number of nitrogens with one attached hydrogen (secondary N) is 5. The van der Waals surface area contributed by atoms with E-state index in [1.54, 1.807) is 19.1 Å². The zero-order chi connectivity index (χ0) is 46.1. The van der Waals surface area contributed by atoms with Gasteiger partial charge in [-0.3, -0.25) is 33.7 Å². The maximum atomic E-state index is 14.7. The predicted molar refractivity (Wildman–Crippen MR) is 234 cm³/mol. The summed E-state index contributed by atoms with van der Waals surface area (Å²) < 4.78 is 10.2. The minimum absolute atomic E-state index is 0.00692. The zero-order valence-corrected chi connectivity index (χ0v) is 37.4. The Morgan fingerprint density at radius 2 is 1.67 bits per heavy atom. The fraction of sp³-hybridized carbons (Fsp3) is 0.674. The van der Waals surface area contributed by atoms with E-state index in [1.807, 2.05) is 25.6 Å². The van der Waals surface area contributed by atoms with E-state index >= 15 is 0 Å². The SMILES string of the molecule is CCOC(=O)C1OC1C(=O)NC(CC(C)C)C(=O)NC(Cc1ccc(O)cc1)C(=O)N(C(=O)CCCCCN)C(CCCCNC(=O)CCCCC1SCC2NC(=O)NC21)C(N)=O. The Kier molecular flexibility index (Phi) is 20.4. The average Bonchev–Trinajstić information content (AvgIpc) is 3.85. The van der Waals surface area contributed by atoms with Crippen LogP contribution < -0.4 is 38.1 Å². The van der Waals surface area contributed by atoms with Crippen molar-refractivity contribution >= 4 is 59.2 Å². The summed E-state index contributed by atoms with van der Waals surface area (Å²) in [7, 11) is 0. The van der Waals surface area contributed by atoms with E-state index in [-0.39, 0.29) is 68.0 Å². The second-order valence-electron chi connectivity index (χ2n) is 16.7. The van der Waals surface area contributed by atoms with Crippen LogP contribution in [0.15, 0.2) is 24.3 Å². The van der Waals surface area contributed by atoms with Crippen LogP contribution in [0.1, 0.15) is 103 Å². The largest absolute Gasteiger partial charge is 0.508 e. The highest BCUT2D eigenvalue weighted by atomic mass is 32.2. The molecule has 0 aromatic heterocycles. The Bertz CT molecular complexity index is 1750. The average molecular weight is 903 g/mol. The van der Waals surface area contributed by atoms with E-state index in [1.165, 1.54) is 12.1 Å². The molecule has 63 heavy (non-hydrogen) atoms. The molecule has 0 spiro atoms. The number of urea groups is 1. The topological polar surface area (TPSA) is 294 Å². The number of rotatable bonds is 28. The molecule has 3 fully saturated rings. The van der Waals surface area contributed by atoms with E-state index in [2.05, 4.69) is 26.6 Å². The summed E-state index contributed by atoms with van der Waals surface area (Å²) in [5.41, 5.74) is 12.1. The van der Waals surface area contributed by atoms with Crippen molar-refractivity contribution in [3.8, 4) is 5.75 Å². The van der Waals surface area contributed by atoms with Crippen LogP contribution in [0.2, 0.25) is 0 Å². The van der Waals surface area contributed by atoms with Gasteiger partial charge in [-0.15, -0.1) is 0 Å². The summed E-state index contributed by atoms with van der Waals surface area (Å²) in [6.45, 7) is 6.07. The Hall–Kier alpha value is -4.95. The molecule has 0 aliphatic carbocycles. The third-order valence-electron chi connectivity index (χ3n) is 11.1. The van der Waals surface area contributed by atoms with Gasteiger partial charge in [-0.2, -0.15) is 11.8 Å². The van der Waals surface area contributed by atoms with E-state index in [0.717, 1.165) is 23.5 Å². The highest BCUT2D eigenvalue weighted by Crippen LogP contribution is 2.33. The summed E-state index contributed by atoms with van der Waals surface area (Å²) >= 11 is 1.83. The summed E-state index contributed by atoms with van der Waals surface area (Å²) in [6.07, 6.45) is 2.68. The van der Waals surface area contributed by atoms with Gasteiger partial charge >= 0.3 is 12.0 Å². The molecule has 8 unspecified atom stereocenters. The third kappa shape index (κ3) is 16.0. The van der Waals surface area contributed by atoms with Crippen LogP contribution in [0, 0.1) is 5.92 Å². The van der Waals surface area contributed by atoms with Crippen molar-refractivity contribution in [1.82, 2.24) is 31.5 Å². The number of benzene rings is 1. The minimum Gasteiger partial charge on any atom is -0.508 e. The number of hydrogen-bond acceptors (Lipinski definition) is 13. The summed E-state index contributed by atoms with van der Waals surface area (Å²) in [5, 5.41) is 24.4. The minimum atomic E-state index is -1.44. The Labute approximate surface area is 373 Å². The summed E-state index contributed by atoms with van der Waals surface area (Å²) in [4.78, 5) is 106. The lowest BCUT2D eigenvalue weighted by Crippen LogP contribution is -2.60. The number of nitrogens with zero attached hydrogens (tertiary/aromatic N) is 1. The molecule has 3 aliphatic rings. The van der Waals surface area contributed by atoms with Gasteiger partial charge in [0, 0.05) is 36.8 Å². The van der Waals surface area contributed by atoms with Gasteiger partial charge in [-0.05, 0) is 88.4 Å². The van der Waals surface area contributed by atoms with Crippen molar-refractivity contribution in [2.45, 2.75) is 152 Å². The number of ether oxygens (including phenoxy) is 2. The predicted octanol–water partition coefficient (Wildman–Crippen LogP) is 1.02. The number of carbonyl (C=O) groups excluding carboxylic acids is 8. The molecule has 0 bridgehead atoms. The Balaban J connectivity index is 1.43. The molecule has 10 N–H and O–H groups in total. The van der Waals surface area contributed by atoms with E-state index in [0.29, 0.717) is 68.8 Å². The molecule has 8 atom stereocenters. The molecule has 19 nitrogen and oxygen atoms in total. The van der Waals surface area contributed by atoms with Crippen molar-refractivity contribution < 1.29 is 52.9 Å². The van der Waals surface area contributed by atoms with Gasteiger partial charge in [0.1, 0.15) is 23.9 Å². The fourth-order valence-corrected chi connectivity index (χ4v) is 9.34. The van der Waals surface area contributed by atoms with Gasteiger partial charge < -0.3 is 52.6 Å². The van der Waals surface area contributed by atoms with Gasteiger partial charge in [0.05, 0.1) is 18.7 Å². The molecule has 0 radical (unpaired) electrons. The van der Waals surface area contributed by atoms with Crippen molar-refractivity contribution in [1.29, 1.82) is 0 Å². The number of hydrogen-bond donors (Lipinski definition) is 8. The number of phenolic OH excluding ortho intramolecular Hbond substituents is 1.